The Kier molecular flexibility index (Phi) is 3.58. The summed E-state index contributed by atoms with van der Waals surface area (Å²) in [5, 5.41) is 8.76. The van der Waals surface area contributed by atoms with Crippen LogP contribution in [0.25, 0.3) is 16.7 Å². The van der Waals surface area contributed by atoms with Gasteiger partial charge in [0.05, 0.1) is 28.7 Å². The Morgan fingerprint density at radius 1 is 1.38 bits per heavy atom. The molecule has 24 heavy (non-hydrogen) atoms. The molecule has 0 bridgehead atoms. The monoisotopic (exact) mass is 339 g/mol. The first-order valence-electron chi connectivity index (χ1n) is 7.01. The largest absolute Gasteiger partial charge is 0.481 e. The Labute approximate surface area is 132 Å². The number of carboxylic acids is 1. The molecule has 0 radical (unpaired) electrons. The van der Waals surface area contributed by atoms with Gasteiger partial charge in [-0.05, 0) is 25.1 Å². The van der Waals surface area contributed by atoms with Crippen molar-refractivity contribution in [3.05, 3.63) is 45.5 Å². The van der Waals surface area contributed by atoms with Gasteiger partial charge in [-0.1, -0.05) is 0 Å². The van der Waals surface area contributed by atoms with E-state index in [0.717, 1.165) is 12.1 Å². The topological polar surface area (TPSA) is 87.5 Å². The highest BCUT2D eigenvalue weighted by Crippen LogP contribution is 2.31. The van der Waals surface area contributed by atoms with Crippen molar-refractivity contribution >= 4 is 22.6 Å². The van der Waals surface area contributed by atoms with Crippen molar-refractivity contribution in [1.82, 2.24) is 14.4 Å². The fourth-order valence-electron chi connectivity index (χ4n) is 2.64. The number of nitrogens with zero attached hydrogens (tertiary/aromatic N) is 2. The quantitative estimate of drug-likeness (QED) is 0.767. The van der Waals surface area contributed by atoms with Crippen molar-refractivity contribution in [3.8, 4) is 0 Å². The van der Waals surface area contributed by atoms with Gasteiger partial charge in [-0.25, -0.2) is 4.98 Å². The summed E-state index contributed by atoms with van der Waals surface area (Å²) in [5.41, 5.74) is -0.116. The highest BCUT2D eigenvalue weighted by atomic mass is 19.4. The number of imidazole rings is 1. The van der Waals surface area contributed by atoms with Crippen LogP contribution in [0, 0.1) is 6.92 Å². The summed E-state index contributed by atoms with van der Waals surface area (Å²) in [5.74, 6) is -1.000. The molecule has 2 aromatic heterocycles. The van der Waals surface area contributed by atoms with E-state index in [1.807, 2.05) is 0 Å². The summed E-state index contributed by atoms with van der Waals surface area (Å²) in [7, 11) is 0. The van der Waals surface area contributed by atoms with Gasteiger partial charge in [-0.2, -0.15) is 13.2 Å². The number of H-pyrrole nitrogens is 1. The summed E-state index contributed by atoms with van der Waals surface area (Å²) in [4.78, 5) is 29.4. The molecule has 0 unspecified atom stereocenters. The molecule has 6 nitrogen and oxygen atoms in total. The van der Waals surface area contributed by atoms with E-state index < -0.39 is 23.3 Å². The van der Waals surface area contributed by atoms with Crippen molar-refractivity contribution < 1.29 is 23.1 Å². The normalized spacial score (nSPS) is 12.2. The van der Waals surface area contributed by atoms with E-state index in [1.165, 1.54) is 10.5 Å². The first kappa shape index (κ1) is 16.0. The highest BCUT2D eigenvalue weighted by Gasteiger charge is 2.30. The van der Waals surface area contributed by atoms with Gasteiger partial charge in [0.25, 0.3) is 5.56 Å². The zero-order valence-corrected chi connectivity index (χ0v) is 12.4. The van der Waals surface area contributed by atoms with Crippen molar-refractivity contribution in [2.24, 2.45) is 0 Å². The summed E-state index contributed by atoms with van der Waals surface area (Å²) < 4.78 is 39.9. The minimum absolute atomic E-state index is 0.0279. The van der Waals surface area contributed by atoms with Gasteiger partial charge in [0.2, 0.25) is 5.65 Å². The van der Waals surface area contributed by atoms with Crippen LogP contribution in [0.3, 0.4) is 0 Å². The number of benzene rings is 1. The van der Waals surface area contributed by atoms with E-state index in [0.29, 0.717) is 16.9 Å². The van der Waals surface area contributed by atoms with Crippen molar-refractivity contribution in [2.45, 2.75) is 25.9 Å². The summed E-state index contributed by atoms with van der Waals surface area (Å²) in [6, 6.07) is 3.06. The van der Waals surface area contributed by atoms with Crippen LogP contribution in [0.5, 0.6) is 0 Å². The number of aliphatic carboxylic acids is 1. The standard InChI is InChI=1S/C15H12F3N3O3/c1-7-9(3-5-12(22)23)19-13-14(24)20-10-6-8(15(16,17)18)2-4-11(10)21(7)13/h2,4,6H,3,5H2,1H3,(H,20,24)(H,22,23). The number of carboxylic acid groups (broad SMARTS) is 1. The van der Waals surface area contributed by atoms with Gasteiger partial charge in [0.1, 0.15) is 0 Å². The molecule has 0 aliphatic rings. The van der Waals surface area contributed by atoms with Crippen LogP contribution < -0.4 is 5.56 Å². The predicted octanol–water partition coefficient (Wildman–Crippen LogP) is 2.52. The van der Waals surface area contributed by atoms with E-state index in [9.17, 15) is 22.8 Å². The fourth-order valence-corrected chi connectivity index (χ4v) is 2.64. The van der Waals surface area contributed by atoms with Crippen LogP contribution in [0.1, 0.15) is 23.4 Å². The number of aryl methyl sites for hydroxylation is 2. The molecule has 0 atom stereocenters. The smallest absolute Gasteiger partial charge is 0.416 e. The molecule has 0 aliphatic carbocycles. The molecular weight excluding hydrogens is 327 g/mol. The number of alkyl halides is 3. The van der Waals surface area contributed by atoms with Gasteiger partial charge >= 0.3 is 12.1 Å². The SMILES string of the molecule is Cc1c(CCC(=O)O)nc2c(=O)[nH]c3cc(C(F)(F)F)ccc3n12. The minimum atomic E-state index is -4.52. The van der Waals surface area contributed by atoms with E-state index in [4.69, 9.17) is 5.11 Å². The number of nitrogens with one attached hydrogen (secondary N) is 1. The second-order valence-electron chi connectivity index (χ2n) is 5.38. The molecule has 0 spiro atoms. The van der Waals surface area contributed by atoms with E-state index in [1.54, 1.807) is 6.92 Å². The third-order valence-corrected chi connectivity index (χ3v) is 3.80. The van der Waals surface area contributed by atoms with Gasteiger partial charge in [-0.15, -0.1) is 0 Å². The average Bonchev–Trinajstić information content (AvgIpc) is 2.82. The maximum atomic E-state index is 12.8. The van der Waals surface area contributed by atoms with Crippen LogP contribution in [0.2, 0.25) is 0 Å². The van der Waals surface area contributed by atoms with Gasteiger partial charge in [0, 0.05) is 12.1 Å². The van der Waals surface area contributed by atoms with Crippen LogP contribution >= 0.6 is 0 Å². The average molecular weight is 339 g/mol. The number of aromatic amines is 1. The summed E-state index contributed by atoms with van der Waals surface area (Å²) >= 11 is 0. The van der Waals surface area contributed by atoms with Crippen molar-refractivity contribution in [1.29, 1.82) is 0 Å². The second-order valence-corrected chi connectivity index (χ2v) is 5.38. The zero-order valence-electron chi connectivity index (χ0n) is 12.4. The molecule has 2 N–H and O–H groups in total. The molecular formula is C15H12F3N3O3. The molecule has 2 heterocycles. The van der Waals surface area contributed by atoms with Crippen LogP contribution in [-0.2, 0) is 17.4 Å². The van der Waals surface area contributed by atoms with Gasteiger partial charge in [0.15, 0.2) is 0 Å². The Bertz CT molecular complexity index is 1020. The first-order valence-corrected chi connectivity index (χ1v) is 7.01. The van der Waals surface area contributed by atoms with Crippen LogP contribution in [0.15, 0.2) is 23.0 Å². The number of halogens is 3. The third kappa shape index (κ3) is 2.61. The number of hydrogen-bond acceptors (Lipinski definition) is 3. The summed E-state index contributed by atoms with van der Waals surface area (Å²) in [6.07, 6.45) is -4.54. The lowest BCUT2D eigenvalue weighted by molar-refractivity contribution is -0.138. The Morgan fingerprint density at radius 3 is 2.71 bits per heavy atom. The van der Waals surface area contributed by atoms with E-state index >= 15 is 0 Å². The molecule has 126 valence electrons. The highest BCUT2D eigenvalue weighted by molar-refractivity contribution is 5.79. The Hall–Kier alpha value is -2.84. The van der Waals surface area contributed by atoms with Crippen LogP contribution in [-0.4, -0.2) is 25.4 Å². The number of fused-ring (bicyclic) bond motifs is 3. The first-order chi connectivity index (χ1) is 11.2. The second kappa shape index (κ2) is 5.36. The molecule has 1 aromatic carbocycles. The predicted molar refractivity (Wildman–Crippen MR) is 79.0 cm³/mol. The third-order valence-electron chi connectivity index (χ3n) is 3.80. The lowest BCUT2D eigenvalue weighted by Crippen LogP contribution is -2.12. The molecule has 0 fully saturated rings. The Morgan fingerprint density at radius 2 is 2.08 bits per heavy atom. The van der Waals surface area contributed by atoms with Crippen molar-refractivity contribution in [2.75, 3.05) is 0 Å². The van der Waals surface area contributed by atoms with Gasteiger partial charge < -0.3 is 10.1 Å². The van der Waals surface area contributed by atoms with E-state index in [-0.39, 0.29) is 24.0 Å². The number of carbonyl (C=O) groups is 1. The van der Waals surface area contributed by atoms with Crippen LogP contribution in [0.4, 0.5) is 13.2 Å². The van der Waals surface area contributed by atoms with Crippen molar-refractivity contribution in [3.63, 3.8) is 0 Å². The number of hydrogen-bond donors (Lipinski definition) is 2. The molecule has 0 amide bonds. The summed E-state index contributed by atoms with van der Waals surface area (Å²) in [6.45, 7) is 1.65. The molecule has 3 aromatic rings. The molecule has 0 aliphatic heterocycles. The molecule has 0 saturated heterocycles. The maximum Gasteiger partial charge on any atom is 0.416 e. The molecule has 0 saturated carbocycles. The fraction of sp³-hybridized carbons (Fsp3) is 0.267. The lowest BCUT2D eigenvalue weighted by atomic mass is 10.1. The number of rotatable bonds is 3. The lowest BCUT2D eigenvalue weighted by Gasteiger charge is -2.09. The zero-order chi connectivity index (χ0) is 17.6. The maximum absolute atomic E-state index is 12.8. The Balaban J connectivity index is 2.26. The minimum Gasteiger partial charge on any atom is -0.481 e. The van der Waals surface area contributed by atoms with E-state index in [2.05, 4.69) is 9.97 Å². The number of aromatic nitrogens is 3. The van der Waals surface area contributed by atoms with Gasteiger partial charge in [-0.3, -0.25) is 14.0 Å². The molecule has 3 rings (SSSR count). The molecule has 9 heteroatoms.